The summed E-state index contributed by atoms with van der Waals surface area (Å²) in [4.78, 5) is 14.6. The van der Waals surface area contributed by atoms with E-state index in [2.05, 4.69) is 45.1 Å². The van der Waals surface area contributed by atoms with Crippen LogP contribution < -0.4 is 0 Å². The molecule has 3 heteroatoms. The van der Waals surface area contributed by atoms with Crippen molar-refractivity contribution < 1.29 is 4.79 Å². The fourth-order valence-electron chi connectivity index (χ4n) is 3.16. The normalized spacial score (nSPS) is 30.2. The molecule has 2 nitrogen and oxygen atoms in total. The molecular weight excluding hydrogens is 302 g/mol. The fraction of sp³-hybridized carbons (Fsp3) is 0.562. The molecule has 0 radical (unpaired) electrons. The first-order valence-corrected chi connectivity index (χ1v) is 8.31. The second-order valence-electron chi connectivity index (χ2n) is 5.81. The van der Waals surface area contributed by atoms with Gasteiger partial charge in [0.05, 0.1) is 0 Å². The van der Waals surface area contributed by atoms with E-state index in [-0.39, 0.29) is 5.92 Å². The van der Waals surface area contributed by atoms with Gasteiger partial charge >= 0.3 is 0 Å². The summed E-state index contributed by atoms with van der Waals surface area (Å²) in [5.41, 5.74) is 1.33. The van der Waals surface area contributed by atoms with Gasteiger partial charge in [0.2, 0.25) is 5.91 Å². The number of carbonyl (C=O) groups is 1. The number of hydrogen-bond acceptors (Lipinski definition) is 1. The summed E-state index contributed by atoms with van der Waals surface area (Å²) in [6.45, 7) is 1.91. The molecular formula is C16H20BrNO. The number of piperidine rings is 1. The maximum absolute atomic E-state index is 12.5. The second-order valence-corrected chi connectivity index (χ2v) is 6.45. The average Bonchev–Trinajstić information content (AvgIpc) is 3.28. The molecule has 3 unspecified atom stereocenters. The van der Waals surface area contributed by atoms with Gasteiger partial charge in [0, 0.05) is 24.3 Å². The van der Waals surface area contributed by atoms with E-state index in [9.17, 15) is 4.79 Å². The van der Waals surface area contributed by atoms with Crippen molar-refractivity contribution in [2.24, 2.45) is 11.8 Å². The van der Waals surface area contributed by atoms with Gasteiger partial charge in [-0.25, -0.2) is 0 Å². The molecule has 19 heavy (non-hydrogen) atoms. The van der Waals surface area contributed by atoms with E-state index in [4.69, 9.17) is 0 Å². The summed E-state index contributed by atoms with van der Waals surface area (Å²) in [6.07, 6.45) is 3.45. The van der Waals surface area contributed by atoms with Crippen LogP contribution in [0.5, 0.6) is 0 Å². The van der Waals surface area contributed by atoms with Gasteiger partial charge in [-0.3, -0.25) is 4.79 Å². The lowest BCUT2D eigenvalue weighted by molar-refractivity contribution is -0.134. The molecule has 1 saturated heterocycles. The van der Waals surface area contributed by atoms with Crippen molar-refractivity contribution in [2.45, 2.75) is 25.2 Å². The van der Waals surface area contributed by atoms with Gasteiger partial charge in [-0.15, -0.1) is 0 Å². The third kappa shape index (κ3) is 2.86. The highest BCUT2D eigenvalue weighted by molar-refractivity contribution is 9.09. The number of halogens is 1. The largest absolute Gasteiger partial charge is 0.342 e. The first-order valence-electron chi connectivity index (χ1n) is 7.19. The number of nitrogens with zero attached hydrogens (tertiary/aromatic N) is 1. The van der Waals surface area contributed by atoms with Gasteiger partial charge in [-0.1, -0.05) is 46.3 Å². The first kappa shape index (κ1) is 13.2. The van der Waals surface area contributed by atoms with E-state index >= 15 is 0 Å². The van der Waals surface area contributed by atoms with Crippen LogP contribution in [0.15, 0.2) is 30.3 Å². The Bertz CT molecular complexity index is 447. The van der Waals surface area contributed by atoms with Gasteiger partial charge in [0.25, 0.3) is 0 Å². The van der Waals surface area contributed by atoms with Gasteiger partial charge in [0.1, 0.15) is 0 Å². The molecule has 3 rings (SSSR count). The van der Waals surface area contributed by atoms with Crippen LogP contribution in [0.3, 0.4) is 0 Å². The van der Waals surface area contributed by atoms with Crippen LogP contribution in [0.4, 0.5) is 0 Å². The Morgan fingerprint density at radius 2 is 2.11 bits per heavy atom. The number of amides is 1. The Balaban J connectivity index is 1.60. The van der Waals surface area contributed by atoms with Crippen LogP contribution in [0.25, 0.3) is 0 Å². The van der Waals surface area contributed by atoms with Gasteiger partial charge in [-0.2, -0.15) is 0 Å². The summed E-state index contributed by atoms with van der Waals surface area (Å²) in [6, 6.07) is 10.5. The van der Waals surface area contributed by atoms with Crippen LogP contribution in [-0.4, -0.2) is 29.2 Å². The van der Waals surface area contributed by atoms with Crippen LogP contribution in [0.2, 0.25) is 0 Å². The monoisotopic (exact) mass is 321 g/mol. The van der Waals surface area contributed by atoms with E-state index in [0.717, 1.165) is 31.3 Å². The summed E-state index contributed by atoms with van der Waals surface area (Å²) in [5, 5.41) is 1.02. The third-order valence-electron chi connectivity index (χ3n) is 4.38. The van der Waals surface area contributed by atoms with Crippen molar-refractivity contribution in [3.8, 4) is 0 Å². The standard InChI is InChI=1S/C16H20BrNO/c17-10-12-5-4-8-18(11-12)16(19)15-9-14(15)13-6-2-1-3-7-13/h1-3,6-7,12,14-15H,4-5,8-11H2. The Morgan fingerprint density at radius 3 is 2.84 bits per heavy atom. The van der Waals surface area contributed by atoms with E-state index in [1.54, 1.807) is 0 Å². The predicted octanol–water partition coefficient (Wildman–Crippen LogP) is 3.42. The maximum atomic E-state index is 12.5. The molecule has 1 aliphatic heterocycles. The lowest BCUT2D eigenvalue weighted by Gasteiger charge is -2.32. The zero-order chi connectivity index (χ0) is 13.2. The van der Waals surface area contributed by atoms with Crippen molar-refractivity contribution in [2.75, 3.05) is 18.4 Å². The van der Waals surface area contributed by atoms with E-state index in [0.29, 0.717) is 17.7 Å². The molecule has 1 amide bonds. The number of likely N-dealkylation sites (tertiary alicyclic amines) is 1. The number of alkyl halides is 1. The molecule has 0 bridgehead atoms. The molecule has 1 heterocycles. The topological polar surface area (TPSA) is 20.3 Å². The molecule has 1 aliphatic carbocycles. The SMILES string of the molecule is O=C(C1CC1c1ccccc1)N1CCCC(CBr)C1. The molecule has 102 valence electrons. The zero-order valence-electron chi connectivity index (χ0n) is 11.1. The molecule has 0 N–H and O–H groups in total. The van der Waals surface area contributed by atoms with Gasteiger partial charge in [0.15, 0.2) is 0 Å². The summed E-state index contributed by atoms with van der Waals surface area (Å²) >= 11 is 3.55. The highest BCUT2D eigenvalue weighted by atomic mass is 79.9. The Hall–Kier alpha value is -0.830. The Kier molecular flexibility index (Phi) is 3.92. The highest BCUT2D eigenvalue weighted by Gasteiger charge is 2.46. The van der Waals surface area contributed by atoms with E-state index in [1.807, 2.05) is 6.07 Å². The van der Waals surface area contributed by atoms with Crippen molar-refractivity contribution in [3.63, 3.8) is 0 Å². The van der Waals surface area contributed by atoms with Crippen LogP contribution in [0.1, 0.15) is 30.7 Å². The molecule has 0 spiro atoms. The number of hydrogen-bond donors (Lipinski definition) is 0. The maximum Gasteiger partial charge on any atom is 0.226 e. The summed E-state index contributed by atoms with van der Waals surface area (Å²) in [5.74, 6) is 1.75. The van der Waals surface area contributed by atoms with Crippen LogP contribution in [0, 0.1) is 11.8 Å². The third-order valence-corrected chi connectivity index (χ3v) is 5.30. The van der Waals surface area contributed by atoms with Crippen LogP contribution in [-0.2, 0) is 4.79 Å². The second kappa shape index (κ2) is 5.66. The van der Waals surface area contributed by atoms with Gasteiger partial charge in [-0.05, 0) is 36.7 Å². The van der Waals surface area contributed by atoms with Crippen molar-refractivity contribution >= 4 is 21.8 Å². The number of rotatable bonds is 3. The molecule has 3 atom stereocenters. The van der Waals surface area contributed by atoms with E-state index in [1.165, 1.54) is 12.0 Å². The van der Waals surface area contributed by atoms with Crippen molar-refractivity contribution in [1.82, 2.24) is 4.90 Å². The average molecular weight is 322 g/mol. The molecule has 2 fully saturated rings. The minimum absolute atomic E-state index is 0.247. The lowest BCUT2D eigenvalue weighted by atomic mass is 9.99. The molecule has 2 aliphatic rings. The summed E-state index contributed by atoms with van der Waals surface area (Å²) < 4.78 is 0. The van der Waals surface area contributed by atoms with Crippen molar-refractivity contribution in [3.05, 3.63) is 35.9 Å². The highest BCUT2D eigenvalue weighted by Crippen LogP contribution is 2.48. The number of benzene rings is 1. The molecule has 1 saturated carbocycles. The van der Waals surface area contributed by atoms with Gasteiger partial charge < -0.3 is 4.90 Å². The minimum atomic E-state index is 0.247. The van der Waals surface area contributed by atoms with E-state index < -0.39 is 0 Å². The van der Waals surface area contributed by atoms with Crippen LogP contribution >= 0.6 is 15.9 Å². The molecule has 1 aromatic rings. The first-order chi connectivity index (χ1) is 9.29. The molecule has 1 aromatic carbocycles. The Morgan fingerprint density at radius 1 is 1.32 bits per heavy atom. The zero-order valence-corrected chi connectivity index (χ0v) is 12.7. The Labute approximate surface area is 123 Å². The quantitative estimate of drug-likeness (QED) is 0.781. The number of carbonyl (C=O) groups excluding carboxylic acids is 1. The lowest BCUT2D eigenvalue weighted by Crippen LogP contribution is -2.41. The minimum Gasteiger partial charge on any atom is -0.342 e. The smallest absolute Gasteiger partial charge is 0.226 e. The molecule has 0 aromatic heterocycles. The van der Waals surface area contributed by atoms with Crippen molar-refractivity contribution in [1.29, 1.82) is 0 Å². The summed E-state index contributed by atoms with van der Waals surface area (Å²) in [7, 11) is 0. The predicted molar refractivity (Wildman–Crippen MR) is 80.4 cm³/mol. The fourth-order valence-corrected chi connectivity index (χ4v) is 3.69.